The van der Waals surface area contributed by atoms with Crippen molar-refractivity contribution in [3.63, 3.8) is 0 Å². The van der Waals surface area contributed by atoms with Gasteiger partial charge < -0.3 is 19.4 Å². The fraction of sp³-hybridized carbons (Fsp3) is 0.333. The molecule has 2 saturated carbocycles. The number of hydrogen-bond acceptors (Lipinski definition) is 7. The van der Waals surface area contributed by atoms with Gasteiger partial charge in [0.15, 0.2) is 17.2 Å². The highest BCUT2D eigenvalue weighted by Crippen LogP contribution is 2.43. The van der Waals surface area contributed by atoms with E-state index in [1.807, 2.05) is 41.9 Å². The first-order chi connectivity index (χ1) is 19.3. The first kappa shape index (κ1) is 25.3. The van der Waals surface area contributed by atoms with Gasteiger partial charge in [-0.15, -0.1) is 10.2 Å². The van der Waals surface area contributed by atoms with Gasteiger partial charge in [0.05, 0.1) is 5.60 Å². The van der Waals surface area contributed by atoms with E-state index in [1.54, 1.807) is 6.33 Å². The van der Waals surface area contributed by atoms with Crippen molar-refractivity contribution in [3.05, 3.63) is 70.9 Å². The number of aryl methyl sites for hydroxylation is 1. The number of nitrogens with one attached hydrogen (secondary N) is 1. The molecule has 0 amide bonds. The summed E-state index contributed by atoms with van der Waals surface area (Å²) in [4.78, 5) is 9.53. The summed E-state index contributed by atoms with van der Waals surface area (Å²) in [6.07, 6.45) is 6.42. The molecular weight excluding hydrogens is 531 g/mol. The molecule has 2 aromatic carbocycles. The number of aromatic nitrogens is 5. The molecule has 3 aromatic heterocycles. The lowest BCUT2D eigenvalue weighted by molar-refractivity contribution is -0.0314. The van der Waals surface area contributed by atoms with Crippen LogP contribution in [0, 0.1) is 5.82 Å². The average Bonchev–Trinajstić information content (AvgIpc) is 3.54. The van der Waals surface area contributed by atoms with Crippen molar-refractivity contribution in [2.75, 3.05) is 6.54 Å². The molecule has 7 rings (SSSR count). The maximum atomic E-state index is 15.1. The number of rotatable bonds is 8. The van der Waals surface area contributed by atoms with E-state index in [0.29, 0.717) is 41.1 Å². The molecule has 0 bridgehead atoms. The Morgan fingerprint density at radius 2 is 1.98 bits per heavy atom. The van der Waals surface area contributed by atoms with Crippen molar-refractivity contribution < 1.29 is 13.9 Å². The highest BCUT2D eigenvalue weighted by Gasteiger charge is 2.33. The van der Waals surface area contributed by atoms with E-state index in [2.05, 4.69) is 26.6 Å². The van der Waals surface area contributed by atoms with Crippen LogP contribution in [-0.2, 0) is 13.6 Å². The second-order valence-electron chi connectivity index (χ2n) is 11.0. The zero-order valence-electron chi connectivity index (χ0n) is 22.0. The van der Waals surface area contributed by atoms with Gasteiger partial charge in [-0.1, -0.05) is 17.7 Å². The molecule has 0 atom stereocenters. The lowest BCUT2D eigenvalue weighted by atomic mass is 9.80. The third kappa shape index (κ3) is 4.78. The van der Waals surface area contributed by atoms with Crippen molar-refractivity contribution in [2.24, 2.45) is 7.05 Å². The number of nitrogens with zero attached hydrogens (tertiary/aromatic N) is 5. The second-order valence-corrected chi connectivity index (χ2v) is 11.5. The van der Waals surface area contributed by atoms with Gasteiger partial charge in [-0.25, -0.2) is 14.4 Å². The SMILES string of the molecule is Cn1cnnc1-c1cc(Cl)ccc1-c1cc(-c2nc3cc(CNCC4(O)CCC4)cc(F)c3o2)nc(C2CC2)c1. The Balaban J connectivity index is 1.26. The molecule has 40 heavy (non-hydrogen) atoms. The van der Waals surface area contributed by atoms with E-state index in [4.69, 9.17) is 21.0 Å². The fourth-order valence-electron chi connectivity index (χ4n) is 5.34. The minimum absolute atomic E-state index is 0.0998. The zero-order chi connectivity index (χ0) is 27.4. The molecule has 0 aliphatic heterocycles. The molecule has 2 N–H and O–H groups in total. The maximum Gasteiger partial charge on any atom is 0.246 e. The van der Waals surface area contributed by atoms with Gasteiger partial charge in [0.25, 0.3) is 0 Å². The molecule has 5 aromatic rings. The molecule has 2 aliphatic carbocycles. The van der Waals surface area contributed by atoms with Crippen LogP contribution in [0.15, 0.2) is 53.2 Å². The summed E-state index contributed by atoms with van der Waals surface area (Å²) in [7, 11) is 1.89. The number of fused-ring (bicyclic) bond motifs is 1. The average molecular weight is 559 g/mol. The van der Waals surface area contributed by atoms with Crippen molar-refractivity contribution in [3.8, 4) is 34.1 Å². The summed E-state index contributed by atoms with van der Waals surface area (Å²) in [6.45, 7) is 0.913. The number of aliphatic hydroxyl groups is 1. The summed E-state index contributed by atoms with van der Waals surface area (Å²) in [6, 6.07) is 13.0. The van der Waals surface area contributed by atoms with Crippen molar-refractivity contribution >= 4 is 22.7 Å². The van der Waals surface area contributed by atoms with Gasteiger partial charge in [0.1, 0.15) is 17.5 Å². The van der Waals surface area contributed by atoms with Gasteiger partial charge in [0.2, 0.25) is 5.89 Å². The van der Waals surface area contributed by atoms with Gasteiger partial charge in [-0.2, -0.15) is 0 Å². The molecule has 0 saturated heterocycles. The van der Waals surface area contributed by atoms with Crippen LogP contribution in [0.1, 0.15) is 49.3 Å². The number of benzene rings is 2. The third-order valence-electron chi connectivity index (χ3n) is 7.88. The molecule has 3 heterocycles. The fourth-order valence-corrected chi connectivity index (χ4v) is 5.52. The molecule has 8 nitrogen and oxygen atoms in total. The van der Waals surface area contributed by atoms with Crippen LogP contribution in [-0.4, -0.2) is 42.0 Å². The van der Waals surface area contributed by atoms with Gasteiger partial charge in [-0.3, -0.25) is 0 Å². The summed E-state index contributed by atoms with van der Waals surface area (Å²) in [5.41, 5.74) is 4.81. The van der Waals surface area contributed by atoms with Crippen LogP contribution >= 0.6 is 11.6 Å². The molecule has 2 aliphatic rings. The van der Waals surface area contributed by atoms with Crippen molar-refractivity contribution in [1.29, 1.82) is 0 Å². The van der Waals surface area contributed by atoms with Gasteiger partial charge in [0, 0.05) is 42.3 Å². The van der Waals surface area contributed by atoms with Crippen LogP contribution in [0.3, 0.4) is 0 Å². The van der Waals surface area contributed by atoms with E-state index in [1.165, 1.54) is 6.07 Å². The largest absolute Gasteiger partial charge is 0.432 e. The van der Waals surface area contributed by atoms with E-state index >= 15 is 4.39 Å². The molecule has 0 spiro atoms. The smallest absolute Gasteiger partial charge is 0.246 e. The number of halogens is 2. The summed E-state index contributed by atoms with van der Waals surface area (Å²) in [5.74, 6) is 0.851. The van der Waals surface area contributed by atoms with Crippen molar-refractivity contribution in [1.82, 2.24) is 30.0 Å². The lowest BCUT2D eigenvalue weighted by Crippen LogP contribution is -2.45. The van der Waals surface area contributed by atoms with Crippen LogP contribution in [0.4, 0.5) is 4.39 Å². The Hall–Kier alpha value is -3.66. The molecule has 10 heteroatoms. The molecular formula is C30H28ClFN6O2. The van der Waals surface area contributed by atoms with Crippen molar-refractivity contribution in [2.45, 2.75) is 50.2 Å². The van der Waals surface area contributed by atoms with Gasteiger partial charge in [-0.05, 0) is 85.2 Å². The highest BCUT2D eigenvalue weighted by molar-refractivity contribution is 6.31. The Morgan fingerprint density at radius 3 is 2.70 bits per heavy atom. The normalized spacial score (nSPS) is 16.4. The molecule has 0 unspecified atom stereocenters. The first-order valence-corrected chi connectivity index (χ1v) is 13.9. The Labute approximate surface area is 235 Å². The predicted octanol–water partition coefficient (Wildman–Crippen LogP) is 6.03. The van der Waals surface area contributed by atoms with E-state index < -0.39 is 11.4 Å². The monoisotopic (exact) mass is 558 g/mol. The Morgan fingerprint density at radius 1 is 1.12 bits per heavy atom. The summed E-state index contributed by atoms with van der Waals surface area (Å²) >= 11 is 6.38. The Kier molecular flexibility index (Phi) is 6.18. The van der Waals surface area contributed by atoms with Crippen LogP contribution in [0.25, 0.3) is 45.2 Å². The maximum absolute atomic E-state index is 15.1. The van der Waals surface area contributed by atoms with Crippen LogP contribution < -0.4 is 5.32 Å². The first-order valence-electron chi connectivity index (χ1n) is 13.5. The van der Waals surface area contributed by atoms with Crippen LogP contribution in [0.5, 0.6) is 0 Å². The molecule has 204 valence electrons. The Bertz CT molecular complexity index is 1740. The number of hydrogen-bond donors (Lipinski definition) is 2. The van der Waals surface area contributed by atoms with Gasteiger partial charge >= 0.3 is 0 Å². The number of pyridine rings is 1. The minimum atomic E-state index is -0.642. The molecule has 0 radical (unpaired) electrons. The second kappa shape index (κ2) is 9.76. The molecule has 2 fully saturated rings. The van der Waals surface area contributed by atoms with E-state index in [0.717, 1.165) is 60.1 Å². The van der Waals surface area contributed by atoms with Crippen LogP contribution in [0.2, 0.25) is 5.02 Å². The third-order valence-corrected chi connectivity index (χ3v) is 8.11. The quantitative estimate of drug-likeness (QED) is 0.240. The standard InChI is InChI=1S/C30H28ClFN6O2/c1-38-16-34-37-28(38)22-13-20(31)5-6-21(22)19-11-24(18-3-4-18)35-26(12-19)29-36-25-10-17(9-23(32)27(25)40-29)14-33-15-30(39)7-2-8-30/h5-6,9-13,16,18,33,39H,2-4,7-8,14-15H2,1H3. The topological polar surface area (TPSA) is 102 Å². The summed E-state index contributed by atoms with van der Waals surface area (Å²) < 4.78 is 22.9. The zero-order valence-corrected chi connectivity index (χ0v) is 22.7. The minimum Gasteiger partial charge on any atom is -0.432 e. The summed E-state index contributed by atoms with van der Waals surface area (Å²) in [5, 5.41) is 22.5. The van der Waals surface area contributed by atoms with E-state index in [-0.39, 0.29) is 11.5 Å². The number of oxazole rings is 1. The predicted molar refractivity (Wildman–Crippen MR) is 150 cm³/mol. The lowest BCUT2D eigenvalue weighted by Gasteiger charge is -2.36. The van der Waals surface area contributed by atoms with E-state index in [9.17, 15) is 5.11 Å². The highest BCUT2D eigenvalue weighted by atomic mass is 35.5.